The van der Waals surface area contributed by atoms with Crippen molar-refractivity contribution < 1.29 is 23.0 Å². The van der Waals surface area contributed by atoms with Crippen molar-refractivity contribution in [3.63, 3.8) is 0 Å². The summed E-state index contributed by atoms with van der Waals surface area (Å²) < 4.78 is 34.9. The molecular formula is C20H25F2N3O3. The average molecular weight is 393 g/mol. The summed E-state index contributed by atoms with van der Waals surface area (Å²) >= 11 is 0. The number of para-hydroxylation sites is 1. The molecule has 0 saturated carbocycles. The average Bonchev–Trinajstić information content (AvgIpc) is 2.64. The highest BCUT2D eigenvalue weighted by atomic mass is 19.3. The first-order valence-electron chi connectivity index (χ1n) is 8.71. The van der Waals surface area contributed by atoms with Crippen molar-refractivity contribution in [2.75, 3.05) is 33.1 Å². The topological polar surface area (TPSA) is 62.8 Å². The van der Waals surface area contributed by atoms with Gasteiger partial charge in [0.05, 0.1) is 18.8 Å². The molecule has 6 nitrogen and oxygen atoms in total. The Labute approximate surface area is 163 Å². The van der Waals surface area contributed by atoms with Gasteiger partial charge in [-0.2, -0.15) is 8.78 Å². The van der Waals surface area contributed by atoms with Crippen LogP contribution in [0.2, 0.25) is 0 Å². The van der Waals surface area contributed by atoms with Gasteiger partial charge in [-0.1, -0.05) is 24.3 Å². The van der Waals surface area contributed by atoms with Crippen molar-refractivity contribution in [1.29, 1.82) is 0 Å². The van der Waals surface area contributed by atoms with Crippen molar-refractivity contribution in [1.82, 2.24) is 10.2 Å². The van der Waals surface area contributed by atoms with Gasteiger partial charge >= 0.3 is 12.6 Å². The molecule has 0 aliphatic carbocycles. The van der Waals surface area contributed by atoms with Crippen LogP contribution in [-0.2, 0) is 0 Å². The molecule has 0 saturated heterocycles. The van der Waals surface area contributed by atoms with Crippen molar-refractivity contribution >= 4 is 11.7 Å². The van der Waals surface area contributed by atoms with Crippen LogP contribution in [0.3, 0.4) is 0 Å². The molecule has 0 spiro atoms. The van der Waals surface area contributed by atoms with Gasteiger partial charge in [0.25, 0.3) is 0 Å². The minimum atomic E-state index is -2.98. The second kappa shape index (κ2) is 9.89. The number of benzene rings is 2. The first kappa shape index (κ1) is 21.4. The number of anilines is 1. The number of rotatable bonds is 8. The summed E-state index contributed by atoms with van der Waals surface area (Å²) in [6.45, 7) is -0.966. The Balaban J connectivity index is 2.08. The van der Waals surface area contributed by atoms with Crippen LogP contribution in [0.1, 0.15) is 17.2 Å². The fourth-order valence-corrected chi connectivity index (χ4v) is 2.79. The van der Waals surface area contributed by atoms with E-state index < -0.39 is 12.6 Å². The second-order valence-corrected chi connectivity index (χ2v) is 6.42. The highest BCUT2D eigenvalue weighted by Gasteiger charge is 2.18. The molecule has 0 heterocycles. The number of ether oxygens (including phenoxy) is 2. The smallest absolute Gasteiger partial charge is 0.387 e. The van der Waals surface area contributed by atoms with Gasteiger partial charge < -0.3 is 25.0 Å². The van der Waals surface area contributed by atoms with Gasteiger partial charge in [-0.05, 0) is 50.3 Å². The van der Waals surface area contributed by atoms with E-state index in [2.05, 4.69) is 15.4 Å². The van der Waals surface area contributed by atoms with E-state index in [0.29, 0.717) is 12.1 Å². The normalized spacial score (nSPS) is 12.0. The molecule has 0 aliphatic rings. The van der Waals surface area contributed by atoms with E-state index in [4.69, 9.17) is 4.74 Å². The van der Waals surface area contributed by atoms with Crippen molar-refractivity contribution in [3.8, 4) is 11.5 Å². The maximum Gasteiger partial charge on any atom is 0.387 e. The molecule has 0 aliphatic heterocycles. The largest absolute Gasteiger partial charge is 0.497 e. The van der Waals surface area contributed by atoms with Gasteiger partial charge in [0, 0.05) is 6.54 Å². The standard InChI is InChI=1S/C20H25F2N3O3/c1-13-7-5-10-17(28-19(21)22)18(13)24-20(26)23-12-16(25(2)3)14-8-6-9-15(11-14)27-4/h5-11,16,19H,12H2,1-4H3,(H2,23,24,26). The number of methoxy groups -OCH3 is 1. The van der Waals surface area contributed by atoms with Gasteiger partial charge in [0.1, 0.15) is 11.5 Å². The molecule has 2 rings (SSSR count). The number of alkyl halides is 2. The van der Waals surface area contributed by atoms with E-state index in [-0.39, 0.29) is 17.5 Å². The van der Waals surface area contributed by atoms with Crippen LogP contribution < -0.4 is 20.1 Å². The molecule has 0 radical (unpaired) electrons. The summed E-state index contributed by atoms with van der Waals surface area (Å²) in [5.41, 5.74) is 1.80. The quantitative estimate of drug-likeness (QED) is 0.711. The number of hydrogen-bond acceptors (Lipinski definition) is 4. The van der Waals surface area contributed by atoms with Gasteiger partial charge in [-0.3, -0.25) is 0 Å². The van der Waals surface area contributed by atoms with E-state index >= 15 is 0 Å². The van der Waals surface area contributed by atoms with Crippen LogP contribution in [0.4, 0.5) is 19.3 Å². The predicted molar refractivity (Wildman–Crippen MR) is 104 cm³/mol. The Morgan fingerprint density at radius 3 is 2.54 bits per heavy atom. The Hall–Kier alpha value is -2.87. The van der Waals surface area contributed by atoms with Crippen LogP contribution in [0.15, 0.2) is 42.5 Å². The molecule has 1 unspecified atom stereocenters. The second-order valence-electron chi connectivity index (χ2n) is 6.42. The Morgan fingerprint density at radius 2 is 1.89 bits per heavy atom. The van der Waals surface area contributed by atoms with Crippen LogP contribution in [0, 0.1) is 6.92 Å². The minimum Gasteiger partial charge on any atom is -0.497 e. The van der Waals surface area contributed by atoms with E-state index in [1.54, 1.807) is 26.2 Å². The molecule has 0 fully saturated rings. The minimum absolute atomic E-state index is 0.0814. The molecule has 2 amide bonds. The zero-order valence-electron chi connectivity index (χ0n) is 16.3. The third-order valence-corrected chi connectivity index (χ3v) is 4.25. The van der Waals surface area contributed by atoms with Crippen LogP contribution in [0.25, 0.3) is 0 Å². The third kappa shape index (κ3) is 5.82. The molecule has 1 atom stereocenters. The number of carbonyl (C=O) groups is 1. The Kier molecular flexibility index (Phi) is 7.57. The van der Waals surface area contributed by atoms with E-state index in [9.17, 15) is 13.6 Å². The van der Waals surface area contributed by atoms with Crippen LogP contribution in [-0.4, -0.2) is 45.3 Å². The summed E-state index contributed by atoms with van der Waals surface area (Å²) in [5.74, 6) is 0.643. The lowest BCUT2D eigenvalue weighted by Gasteiger charge is -2.25. The van der Waals surface area contributed by atoms with Crippen molar-refractivity contribution in [2.45, 2.75) is 19.6 Å². The van der Waals surface area contributed by atoms with Gasteiger partial charge in [-0.25, -0.2) is 4.79 Å². The van der Waals surface area contributed by atoms with Crippen molar-refractivity contribution in [2.24, 2.45) is 0 Å². The zero-order valence-corrected chi connectivity index (χ0v) is 16.3. The molecule has 2 aromatic rings. The lowest BCUT2D eigenvalue weighted by Crippen LogP contribution is -2.37. The summed E-state index contributed by atoms with van der Waals surface area (Å²) in [7, 11) is 5.40. The maximum atomic E-state index is 12.6. The van der Waals surface area contributed by atoms with Gasteiger partial charge in [0.15, 0.2) is 0 Å². The summed E-state index contributed by atoms with van der Waals surface area (Å²) in [6.07, 6.45) is 0. The molecule has 2 aromatic carbocycles. The number of aryl methyl sites for hydroxylation is 1. The number of nitrogens with one attached hydrogen (secondary N) is 2. The zero-order chi connectivity index (χ0) is 20.7. The van der Waals surface area contributed by atoms with Gasteiger partial charge in [-0.15, -0.1) is 0 Å². The lowest BCUT2D eigenvalue weighted by atomic mass is 10.1. The number of halogens is 2. The highest BCUT2D eigenvalue weighted by molar-refractivity contribution is 5.92. The predicted octanol–water partition coefficient (Wildman–Crippen LogP) is 4.03. The van der Waals surface area contributed by atoms with Gasteiger partial charge in [0.2, 0.25) is 0 Å². The first-order valence-corrected chi connectivity index (χ1v) is 8.71. The number of urea groups is 1. The maximum absolute atomic E-state index is 12.6. The monoisotopic (exact) mass is 393 g/mol. The summed E-state index contributed by atoms with van der Waals surface area (Å²) in [5, 5.41) is 5.38. The van der Waals surface area contributed by atoms with Crippen LogP contribution >= 0.6 is 0 Å². The Morgan fingerprint density at radius 1 is 1.18 bits per heavy atom. The Bertz CT molecular complexity index is 800. The molecule has 0 bridgehead atoms. The van der Waals surface area contributed by atoms with E-state index in [1.165, 1.54) is 6.07 Å². The number of hydrogen-bond donors (Lipinski definition) is 2. The molecule has 8 heteroatoms. The summed E-state index contributed by atoms with van der Waals surface area (Å²) in [6, 6.07) is 11.6. The fourth-order valence-electron chi connectivity index (χ4n) is 2.79. The van der Waals surface area contributed by atoms with Crippen LogP contribution in [0.5, 0.6) is 11.5 Å². The number of nitrogens with zero attached hydrogens (tertiary/aromatic N) is 1. The number of carbonyl (C=O) groups excluding carboxylic acids is 1. The number of likely N-dealkylation sites (N-methyl/N-ethyl adjacent to an activating group) is 1. The fraction of sp³-hybridized carbons (Fsp3) is 0.350. The SMILES string of the molecule is COc1cccc(C(CNC(=O)Nc2c(C)cccc2OC(F)F)N(C)C)c1. The lowest BCUT2D eigenvalue weighted by molar-refractivity contribution is -0.0493. The van der Waals surface area contributed by atoms with E-state index in [1.807, 2.05) is 43.3 Å². The highest BCUT2D eigenvalue weighted by Crippen LogP contribution is 2.29. The molecular weight excluding hydrogens is 368 g/mol. The molecule has 2 N–H and O–H groups in total. The first-order chi connectivity index (χ1) is 13.3. The van der Waals surface area contributed by atoms with E-state index in [0.717, 1.165) is 11.3 Å². The summed E-state index contributed by atoms with van der Waals surface area (Å²) in [4.78, 5) is 14.3. The number of amides is 2. The molecule has 0 aromatic heterocycles. The molecule has 152 valence electrons. The van der Waals surface area contributed by atoms with Crippen molar-refractivity contribution in [3.05, 3.63) is 53.6 Å². The molecule has 28 heavy (non-hydrogen) atoms. The third-order valence-electron chi connectivity index (χ3n) is 4.25.